The van der Waals surface area contributed by atoms with Gasteiger partial charge in [0.25, 0.3) is 11.8 Å². The van der Waals surface area contributed by atoms with Crippen molar-refractivity contribution in [2.75, 3.05) is 17.2 Å². The maximum Gasteiger partial charge on any atom is 0.362 e. The number of aliphatic carboxylic acids is 2. The van der Waals surface area contributed by atoms with Crippen LogP contribution in [0.25, 0.3) is 0 Å². The van der Waals surface area contributed by atoms with E-state index in [4.69, 9.17) is 10.6 Å². The Morgan fingerprint density at radius 3 is 2.69 bits per heavy atom. The molecule has 4 rings (SSSR count). The van der Waals surface area contributed by atoms with Crippen LogP contribution in [0.4, 0.5) is 5.13 Å². The third-order valence-corrected chi connectivity index (χ3v) is 8.34. The molecule has 1 fully saturated rings. The van der Waals surface area contributed by atoms with Crippen molar-refractivity contribution in [3.63, 3.8) is 0 Å². The smallest absolute Gasteiger partial charge is 0.362 e. The molecular formula is C20H20N8O8S3. The normalized spacial score (nSPS) is 19.3. The van der Waals surface area contributed by atoms with Crippen LogP contribution in [0.5, 0.6) is 0 Å². The number of amides is 2. The molecule has 6 N–H and O–H groups in total. The molecule has 2 amide bonds. The zero-order valence-electron chi connectivity index (χ0n) is 20.1. The van der Waals surface area contributed by atoms with Crippen LogP contribution in [0, 0.1) is 0 Å². The van der Waals surface area contributed by atoms with Gasteiger partial charge in [-0.2, -0.15) is 10.1 Å². The van der Waals surface area contributed by atoms with Crippen molar-refractivity contribution in [2.45, 2.75) is 35.9 Å². The zero-order chi connectivity index (χ0) is 28.5. The van der Waals surface area contributed by atoms with Crippen LogP contribution in [0.2, 0.25) is 0 Å². The molecule has 19 heteroatoms. The number of thioether (sulfide) groups is 2. The second-order valence-corrected chi connectivity index (χ2v) is 11.4. The average molecular weight is 597 g/mol. The predicted octanol–water partition coefficient (Wildman–Crippen LogP) is -0.682. The molecule has 0 saturated carbocycles. The molecular weight excluding hydrogens is 576 g/mol. The molecule has 1 saturated heterocycles. The maximum absolute atomic E-state index is 13.1. The summed E-state index contributed by atoms with van der Waals surface area (Å²) in [5.74, 6) is -3.85. The summed E-state index contributed by atoms with van der Waals surface area (Å²) >= 11 is 3.34. The summed E-state index contributed by atoms with van der Waals surface area (Å²) in [4.78, 5) is 74.8. The summed E-state index contributed by atoms with van der Waals surface area (Å²) in [6.45, 7) is 2.46. The molecule has 2 aromatic rings. The maximum atomic E-state index is 13.1. The molecule has 2 aliphatic heterocycles. The lowest BCUT2D eigenvalue weighted by molar-refractivity contribution is -0.161. The molecule has 2 atom stereocenters. The first-order valence-corrected chi connectivity index (χ1v) is 13.8. The third-order valence-electron chi connectivity index (χ3n) is 5.34. The van der Waals surface area contributed by atoms with Crippen molar-refractivity contribution in [2.24, 2.45) is 5.16 Å². The summed E-state index contributed by atoms with van der Waals surface area (Å²) < 4.78 is 0. The van der Waals surface area contributed by atoms with Gasteiger partial charge in [0.2, 0.25) is 5.60 Å². The van der Waals surface area contributed by atoms with Crippen molar-refractivity contribution in [1.29, 1.82) is 0 Å². The number of carboxylic acid groups (broad SMARTS) is 2. The fourth-order valence-electron chi connectivity index (χ4n) is 3.33. The van der Waals surface area contributed by atoms with E-state index < -0.39 is 52.2 Å². The first-order valence-electron chi connectivity index (χ1n) is 10.9. The van der Waals surface area contributed by atoms with Crippen molar-refractivity contribution in [1.82, 2.24) is 30.4 Å². The Bertz CT molecular complexity index is 1470. The molecule has 16 nitrogen and oxygen atoms in total. The number of nitrogen functional groups attached to an aromatic ring is 1. The van der Waals surface area contributed by atoms with Gasteiger partial charge < -0.3 is 26.1 Å². The van der Waals surface area contributed by atoms with Crippen molar-refractivity contribution < 1.29 is 34.2 Å². The lowest BCUT2D eigenvalue weighted by atomic mass is 10.0. The van der Waals surface area contributed by atoms with E-state index in [9.17, 15) is 34.2 Å². The van der Waals surface area contributed by atoms with Crippen molar-refractivity contribution >= 4 is 69.5 Å². The zero-order valence-corrected chi connectivity index (χ0v) is 22.6. The molecule has 39 heavy (non-hydrogen) atoms. The Balaban J connectivity index is 1.52. The van der Waals surface area contributed by atoms with Gasteiger partial charge in [0.1, 0.15) is 27.8 Å². The highest BCUT2D eigenvalue weighted by Crippen LogP contribution is 2.41. The van der Waals surface area contributed by atoms with Gasteiger partial charge in [0.15, 0.2) is 10.8 Å². The van der Waals surface area contributed by atoms with Gasteiger partial charge in [0, 0.05) is 16.9 Å². The fourth-order valence-corrected chi connectivity index (χ4v) is 6.19. The summed E-state index contributed by atoms with van der Waals surface area (Å²) in [6.07, 6.45) is 1.32. The van der Waals surface area contributed by atoms with Crippen LogP contribution < -0.4 is 16.7 Å². The number of aromatic amines is 1. The number of β-lactam (4-membered cyclic amide) rings is 1. The second kappa shape index (κ2) is 11.0. The van der Waals surface area contributed by atoms with E-state index in [1.165, 1.54) is 37.2 Å². The van der Waals surface area contributed by atoms with Gasteiger partial charge in [-0.15, -0.1) is 34.9 Å². The number of carboxylic acids is 2. The highest BCUT2D eigenvalue weighted by atomic mass is 32.2. The summed E-state index contributed by atoms with van der Waals surface area (Å²) in [5.41, 5.74) is 3.04. The van der Waals surface area contributed by atoms with Crippen LogP contribution in [0.1, 0.15) is 19.5 Å². The number of carbonyl (C=O) groups is 4. The van der Waals surface area contributed by atoms with E-state index >= 15 is 0 Å². The van der Waals surface area contributed by atoms with Crippen LogP contribution >= 0.6 is 34.9 Å². The Morgan fingerprint density at radius 2 is 2.08 bits per heavy atom. The van der Waals surface area contributed by atoms with Gasteiger partial charge in [-0.25, -0.2) is 24.5 Å². The van der Waals surface area contributed by atoms with E-state index in [0.29, 0.717) is 5.57 Å². The number of carbonyl (C=O) groups excluding carboxylic acids is 2. The predicted molar refractivity (Wildman–Crippen MR) is 139 cm³/mol. The quantitative estimate of drug-likeness (QED) is 0.0987. The van der Waals surface area contributed by atoms with E-state index in [1.807, 2.05) is 0 Å². The number of nitrogens with two attached hydrogens (primary N) is 1. The number of hydrogen-bond acceptors (Lipinski definition) is 14. The number of anilines is 1. The number of H-pyrrole nitrogens is 1. The SMILES string of the molecule is CC(C)(ON=C(C(=O)NC1C(=O)N2C(C(=O)O)=C(CSc3cn[nH]c(=O)n3)CS[C@H]12)c1csc(N)n1)C(=O)O. The van der Waals surface area contributed by atoms with Crippen molar-refractivity contribution in [3.8, 4) is 0 Å². The van der Waals surface area contributed by atoms with Gasteiger partial charge >= 0.3 is 17.6 Å². The molecule has 1 unspecified atom stereocenters. The van der Waals surface area contributed by atoms with Crippen LogP contribution in [-0.2, 0) is 24.0 Å². The minimum atomic E-state index is -1.77. The first-order chi connectivity index (χ1) is 18.4. The Kier molecular flexibility index (Phi) is 7.93. The number of oxime groups is 1. The highest BCUT2D eigenvalue weighted by molar-refractivity contribution is 8.01. The molecule has 4 heterocycles. The number of fused-ring (bicyclic) bond motifs is 1. The van der Waals surface area contributed by atoms with Crippen molar-refractivity contribution in [3.05, 3.63) is 39.0 Å². The average Bonchev–Trinajstić information content (AvgIpc) is 3.30. The molecule has 0 aliphatic carbocycles. The van der Waals surface area contributed by atoms with Crippen LogP contribution in [-0.4, -0.2) is 93.3 Å². The Labute approximate surface area is 231 Å². The van der Waals surface area contributed by atoms with Gasteiger partial charge in [-0.3, -0.25) is 14.5 Å². The third kappa shape index (κ3) is 5.88. The Morgan fingerprint density at radius 1 is 1.33 bits per heavy atom. The summed E-state index contributed by atoms with van der Waals surface area (Å²) in [7, 11) is 0. The number of hydrogen-bond donors (Lipinski definition) is 5. The minimum Gasteiger partial charge on any atom is -0.478 e. The molecule has 0 spiro atoms. The molecule has 0 aromatic carbocycles. The van der Waals surface area contributed by atoms with E-state index in [1.54, 1.807) is 0 Å². The lowest BCUT2D eigenvalue weighted by Gasteiger charge is -2.49. The molecule has 0 bridgehead atoms. The van der Waals surface area contributed by atoms with E-state index in [0.717, 1.165) is 28.0 Å². The Hall–Kier alpha value is -3.97. The highest BCUT2D eigenvalue weighted by Gasteiger charge is 2.54. The lowest BCUT2D eigenvalue weighted by Crippen LogP contribution is -2.71. The van der Waals surface area contributed by atoms with Gasteiger partial charge in [-0.05, 0) is 19.4 Å². The summed E-state index contributed by atoms with van der Waals surface area (Å²) in [6, 6.07) is -1.10. The number of nitrogens with one attached hydrogen (secondary N) is 2. The number of rotatable bonds is 10. The topological polar surface area (TPSA) is 243 Å². The molecule has 206 valence electrons. The standard InChI is InChI=1S/C20H20N8O8S3/c1-20(2,17(33)34)36-27-10(8-6-39-18(21)23-8)13(29)25-11-14(30)28-12(16(31)32)7(5-38-15(11)28)4-37-9-3-22-26-19(35)24-9/h3,6,11,15H,4-5H2,1-2H3,(H2,21,23)(H,25,29)(H,31,32)(H,33,34)(H,24,26,35)/t11?,15-/m1/s1. The molecule has 2 aromatic heterocycles. The number of aromatic nitrogens is 4. The van der Waals surface area contributed by atoms with E-state index in [-0.39, 0.29) is 33.1 Å². The number of thiazole rings is 1. The van der Waals surface area contributed by atoms with E-state index in [2.05, 4.69) is 30.6 Å². The fraction of sp³-hybridized carbons (Fsp3) is 0.350. The minimum absolute atomic E-state index is 0.00407. The first kappa shape index (κ1) is 28.0. The summed E-state index contributed by atoms with van der Waals surface area (Å²) in [5, 5.41) is 32.2. The number of nitrogens with zero attached hydrogens (tertiary/aromatic N) is 5. The largest absolute Gasteiger partial charge is 0.478 e. The second-order valence-electron chi connectivity index (χ2n) is 8.45. The van der Waals surface area contributed by atoms with Gasteiger partial charge in [0.05, 0.1) is 6.20 Å². The van der Waals surface area contributed by atoms with Crippen LogP contribution in [0.3, 0.4) is 0 Å². The molecule has 2 aliphatic rings. The molecule has 0 radical (unpaired) electrons. The van der Waals surface area contributed by atoms with Crippen LogP contribution in [0.15, 0.2) is 37.8 Å². The monoisotopic (exact) mass is 596 g/mol. The van der Waals surface area contributed by atoms with Gasteiger partial charge in [-0.1, -0.05) is 5.16 Å².